The predicted molar refractivity (Wildman–Crippen MR) is 136 cm³/mol. The quantitative estimate of drug-likeness (QED) is 0.381. The number of amides is 3. The van der Waals surface area contributed by atoms with Crippen LogP contribution in [0.25, 0.3) is 0 Å². The molecular weight excluding hydrogens is 494 g/mol. The topological polar surface area (TPSA) is 137 Å². The number of hydrogen-bond donors (Lipinski definition) is 3. The Kier molecular flexibility index (Phi) is 6.48. The van der Waals surface area contributed by atoms with E-state index in [2.05, 4.69) is 43.3 Å². The minimum atomic E-state index is -0.289. The third kappa shape index (κ3) is 4.34. The minimum absolute atomic E-state index is 0.0186. The number of aromatic nitrogens is 4. The first-order valence-electron chi connectivity index (χ1n) is 13.2. The van der Waals surface area contributed by atoms with Crippen molar-refractivity contribution in [1.82, 2.24) is 46.0 Å². The van der Waals surface area contributed by atoms with E-state index in [0.29, 0.717) is 17.1 Å². The zero-order valence-corrected chi connectivity index (χ0v) is 22.3. The van der Waals surface area contributed by atoms with E-state index in [1.165, 1.54) is 15.9 Å². The van der Waals surface area contributed by atoms with Crippen molar-refractivity contribution in [2.45, 2.75) is 57.1 Å². The number of nitrogens with one attached hydrogen (secondary N) is 3. The van der Waals surface area contributed by atoms with Gasteiger partial charge in [-0.3, -0.25) is 14.4 Å². The molecule has 5 aliphatic heterocycles. The molecule has 0 radical (unpaired) electrons. The Morgan fingerprint density at radius 2 is 2.00 bits per heavy atom. The van der Waals surface area contributed by atoms with Gasteiger partial charge in [0.05, 0.1) is 18.0 Å². The second-order valence-electron chi connectivity index (χ2n) is 11.2. The van der Waals surface area contributed by atoms with Crippen LogP contribution in [0.4, 0.5) is 0 Å². The zero-order chi connectivity index (χ0) is 25.8. The number of hydrogen-bond acceptors (Lipinski definition) is 9. The Morgan fingerprint density at radius 1 is 1.24 bits per heavy atom. The van der Waals surface area contributed by atoms with E-state index in [1.54, 1.807) is 0 Å². The molecule has 1 aromatic heterocycles. The number of carbonyl (C=O) groups is 3. The molecule has 200 valence electrons. The Labute approximate surface area is 220 Å². The van der Waals surface area contributed by atoms with Gasteiger partial charge in [0.1, 0.15) is 12.9 Å². The number of rotatable bonds is 7. The number of fused-ring (bicyclic) bond motifs is 2. The largest absolute Gasteiger partial charge is 0.351 e. The number of allylic oxidation sites excluding steroid dienone is 1. The van der Waals surface area contributed by atoms with Crippen LogP contribution in [-0.4, -0.2) is 104 Å². The lowest BCUT2D eigenvalue weighted by molar-refractivity contribution is -0.154. The first kappa shape index (κ1) is 24.8. The molecule has 0 spiro atoms. The average Bonchev–Trinajstić information content (AvgIpc) is 3.65. The number of carbonyl (C=O) groups excluding carboxylic acids is 3. The van der Waals surface area contributed by atoms with Crippen LogP contribution in [0.3, 0.4) is 0 Å². The number of β-lactam (4-membered cyclic amide) rings is 1. The van der Waals surface area contributed by atoms with Crippen molar-refractivity contribution >= 4 is 29.5 Å². The van der Waals surface area contributed by atoms with Crippen molar-refractivity contribution in [3.05, 3.63) is 16.9 Å². The van der Waals surface area contributed by atoms with Gasteiger partial charge in [0, 0.05) is 60.5 Å². The lowest BCUT2D eigenvalue weighted by Gasteiger charge is -2.48. The van der Waals surface area contributed by atoms with Crippen LogP contribution in [0.1, 0.15) is 27.2 Å². The van der Waals surface area contributed by atoms with Crippen LogP contribution in [0.2, 0.25) is 0 Å². The molecule has 12 nitrogen and oxygen atoms in total. The van der Waals surface area contributed by atoms with Crippen LogP contribution < -0.4 is 16.0 Å². The highest BCUT2D eigenvalue weighted by atomic mass is 32.2. The third-order valence-electron chi connectivity index (χ3n) is 8.84. The van der Waals surface area contributed by atoms with Crippen molar-refractivity contribution in [2.24, 2.45) is 23.7 Å². The fraction of sp³-hybridized carbons (Fsp3) is 0.750. The summed E-state index contributed by atoms with van der Waals surface area (Å²) in [6.45, 7) is 10.7. The van der Waals surface area contributed by atoms with Gasteiger partial charge in [-0.25, -0.2) is 4.68 Å². The maximum Gasteiger partial charge on any atom is 0.242 e. The van der Waals surface area contributed by atoms with E-state index in [-0.39, 0.29) is 54.2 Å². The fourth-order valence-electron chi connectivity index (χ4n) is 6.97. The summed E-state index contributed by atoms with van der Waals surface area (Å²) in [5.74, 6) is 1.21. The van der Waals surface area contributed by atoms with Gasteiger partial charge in [-0.1, -0.05) is 6.92 Å². The van der Waals surface area contributed by atoms with E-state index in [9.17, 15) is 14.4 Å². The van der Waals surface area contributed by atoms with Crippen molar-refractivity contribution < 1.29 is 14.4 Å². The van der Waals surface area contributed by atoms with Gasteiger partial charge in [0.2, 0.25) is 17.7 Å². The van der Waals surface area contributed by atoms with Gasteiger partial charge in [-0.05, 0) is 42.5 Å². The molecule has 0 aliphatic carbocycles. The monoisotopic (exact) mass is 529 g/mol. The van der Waals surface area contributed by atoms with Gasteiger partial charge in [-0.15, -0.1) is 16.9 Å². The summed E-state index contributed by atoms with van der Waals surface area (Å²) in [6, 6.07) is -0.367. The molecule has 3 amide bonds. The van der Waals surface area contributed by atoms with E-state index in [1.807, 2.05) is 30.5 Å². The van der Waals surface area contributed by atoms with Crippen LogP contribution in [0.15, 0.2) is 16.9 Å². The van der Waals surface area contributed by atoms with Gasteiger partial charge in [-0.2, -0.15) is 0 Å². The third-order valence-corrected chi connectivity index (χ3v) is 10.5. The first-order chi connectivity index (χ1) is 17.8. The Bertz CT molecular complexity index is 1100. The molecule has 8 atom stereocenters. The molecule has 2 unspecified atom stereocenters. The van der Waals surface area contributed by atoms with Crippen LogP contribution in [-0.2, 0) is 20.9 Å². The number of tetrazole rings is 1. The summed E-state index contributed by atoms with van der Waals surface area (Å²) < 4.78 is 1.36. The molecular formula is C24H35N9O3S. The molecule has 6 heterocycles. The highest BCUT2D eigenvalue weighted by Gasteiger charge is 2.58. The van der Waals surface area contributed by atoms with Gasteiger partial charge < -0.3 is 25.8 Å². The number of thioether (sulfide) groups is 1. The lowest BCUT2D eigenvalue weighted by atomic mass is 9.78. The summed E-state index contributed by atoms with van der Waals surface area (Å²) in [6.07, 6.45) is 2.20. The van der Waals surface area contributed by atoms with Crippen LogP contribution >= 0.6 is 11.8 Å². The molecule has 4 fully saturated rings. The average molecular weight is 530 g/mol. The highest BCUT2D eigenvalue weighted by molar-refractivity contribution is 8.03. The first-order valence-corrected chi connectivity index (χ1v) is 14.1. The molecule has 37 heavy (non-hydrogen) atoms. The van der Waals surface area contributed by atoms with Gasteiger partial charge >= 0.3 is 0 Å². The molecule has 0 bridgehead atoms. The van der Waals surface area contributed by atoms with Crippen molar-refractivity contribution in [3.8, 4) is 0 Å². The lowest BCUT2D eigenvalue weighted by Crippen LogP contribution is -2.65. The summed E-state index contributed by atoms with van der Waals surface area (Å²) in [5.41, 5.74) is 1.02. The fourth-order valence-corrected chi connectivity index (χ4v) is 8.42. The maximum atomic E-state index is 13.2. The Morgan fingerprint density at radius 3 is 2.70 bits per heavy atom. The maximum absolute atomic E-state index is 13.2. The Hall–Kier alpha value is -2.51. The van der Waals surface area contributed by atoms with Gasteiger partial charge in [0.15, 0.2) is 0 Å². The van der Waals surface area contributed by atoms with Crippen molar-refractivity contribution in [3.63, 3.8) is 0 Å². The van der Waals surface area contributed by atoms with Crippen LogP contribution in [0, 0.1) is 23.7 Å². The van der Waals surface area contributed by atoms with Crippen LogP contribution in [0.5, 0.6) is 0 Å². The predicted octanol–water partition coefficient (Wildman–Crippen LogP) is -0.972. The zero-order valence-electron chi connectivity index (χ0n) is 21.5. The molecule has 0 saturated carbocycles. The second kappa shape index (κ2) is 9.66. The van der Waals surface area contributed by atoms with Crippen molar-refractivity contribution in [2.75, 3.05) is 32.7 Å². The van der Waals surface area contributed by atoms with E-state index >= 15 is 0 Å². The standard InChI is InChI=1S/C24H35N9O3S/c1-12-21-20(13(2)28-19(34)10-32-11-27-29-30-32)24(36)33(21)14(3)22(12)37-17-4-18(26-7-17)23(35)31-8-15-5-25-6-16(15)9-31/h11-13,15-18,20-21,25-26H,4-10H2,1-3H3,(H,28,34)/t12-,13-,15?,16?,17+,18+,20-,21-/m1/s1. The summed E-state index contributed by atoms with van der Waals surface area (Å²) in [4.78, 5) is 43.9. The molecule has 13 heteroatoms. The minimum Gasteiger partial charge on any atom is -0.351 e. The summed E-state index contributed by atoms with van der Waals surface area (Å²) in [7, 11) is 0. The summed E-state index contributed by atoms with van der Waals surface area (Å²) >= 11 is 1.82. The van der Waals surface area contributed by atoms with E-state index in [4.69, 9.17) is 0 Å². The summed E-state index contributed by atoms with van der Waals surface area (Å²) in [5, 5.41) is 21.0. The molecule has 0 aromatic carbocycles. The molecule has 3 N–H and O–H groups in total. The van der Waals surface area contributed by atoms with E-state index in [0.717, 1.165) is 44.8 Å². The van der Waals surface area contributed by atoms with Crippen molar-refractivity contribution in [1.29, 1.82) is 0 Å². The Balaban J connectivity index is 1.04. The SMILES string of the molecule is CC1=C(S[C@@H]2CN[C@H](C(=O)N3CC4CNCC4C3)C2)[C@H](C)[C@@H]2[C@@H]([C@@H](C)NC(=O)Cn3cnnn3)C(=O)N12. The van der Waals surface area contributed by atoms with Gasteiger partial charge in [0.25, 0.3) is 0 Å². The molecule has 1 aromatic rings. The number of likely N-dealkylation sites (tertiary alicyclic amines) is 1. The normalized spacial score (nSPS) is 35.5. The number of nitrogens with zero attached hydrogens (tertiary/aromatic N) is 6. The molecule has 4 saturated heterocycles. The molecule has 6 rings (SSSR count). The second-order valence-corrected chi connectivity index (χ2v) is 12.5. The molecule has 5 aliphatic rings. The smallest absolute Gasteiger partial charge is 0.242 e. The van der Waals surface area contributed by atoms with E-state index < -0.39 is 0 Å². The highest BCUT2D eigenvalue weighted by Crippen LogP contribution is 2.51.